The van der Waals surface area contributed by atoms with Gasteiger partial charge in [0.2, 0.25) is 10.0 Å². The van der Waals surface area contributed by atoms with Gasteiger partial charge in [0.25, 0.3) is 0 Å². The summed E-state index contributed by atoms with van der Waals surface area (Å²) in [4.78, 5) is 4.82. The van der Waals surface area contributed by atoms with Crippen molar-refractivity contribution in [1.82, 2.24) is 14.3 Å². The molecule has 0 fully saturated rings. The maximum Gasteiger partial charge on any atom is 0.244 e. The third-order valence-electron chi connectivity index (χ3n) is 5.25. The molecule has 1 aromatic heterocycles. The minimum atomic E-state index is -3.81. The van der Waals surface area contributed by atoms with Crippen molar-refractivity contribution in [3.8, 4) is 22.9 Å². The van der Waals surface area contributed by atoms with Gasteiger partial charge in [-0.2, -0.15) is 0 Å². The van der Waals surface area contributed by atoms with Crippen molar-refractivity contribution in [2.75, 3.05) is 20.8 Å². The third kappa shape index (κ3) is 4.32. The smallest absolute Gasteiger partial charge is 0.244 e. The van der Waals surface area contributed by atoms with Crippen LogP contribution in [0.3, 0.4) is 0 Å². The van der Waals surface area contributed by atoms with Gasteiger partial charge in [0.15, 0.2) is 0 Å². The van der Waals surface area contributed by atoms with Gasteiger partial charge in [0.1, 0.15) is 22.2 Å². The van der Waals surface area contributed by atoms with Crippen LogP contribution >= 0.6 is 0 Å². The number of hydrogen-bond donors (Lipinski definition) is 1. The van der Waals surface area contributed by atoms with Crippen LogP contribution in [0.25, 0.3) is 22.4 Å². The molecule has 0 unspecified atom stereocenters. The molecule has 1 N–H and O–H groups in total. The number of fused-ring (bicyclic) bond motifs is 1. The van der Waals surface area contributed by atoms with E-state index in [1.54, 1.807) is 12.1 Å². The van der Waals surface area contributed by atoms with Gasteiger partial charge in [0.05, 0.1) is 25.3 Å². The lowest BCUT2D eigenvalue weighted by molar-refractivity contribution is 0.392. The fourth-order valence-corrected chi connectivity index (χ4v) is 4.79. The molecule has 32 heavy (non-hydrogen) atoms. The van der Waals surface area contributed by atoms with Crippen LogP contribution < -0.4 is 14.2 Å². The number of ether oxygens (including phenoxy) is 2. The zero-order valence-electron chi connectivity index (χ0n) is 18.2. The van der Waals surface area contributed by atoms with Crippen molar-refractivity contribution in [3.63, 3.8) is 0 Å². The highest BCUT2D eigenvalue weighted by Gasteiger charge is 2.21. The topological polar surface area (TPSA) is 82.5 Å². The minimum absolute atomic E-state index is 0.0357. The molecule has 0 bridgehead atoms. The Bertz CT molecular complexity index is 1350. The van der Waals surface area contributed by atoms with Crippen LogP contribution in [-0.4, -0.2) is 38.7 Å². The number of methoxy groups -OCH3 is 2. The van der Waals surface area contributed by atoms with Gasteiger partial charge >= 0.3 is 0 Å². The maximum absolute atomic E-state index is 13.0. The first-order valence-electron chi connectivity index (χ1n) is 10.2. The van der Waals surface area contributed by atoms with Crippen LogP contribution in [0.4, 0.5) is 0 Å². The molecule has 166 valence electrons. The van der Waals surface area contributed by atoms with Crippen LogP contribution in [-0.2, 0) is 16.6 Å². The van der Waals surface area contributed by atoms with Gasteiger partial charge in [-0.3, -0.25) is 0 Å². The normalized spacial score (nSPS) is 11.6. The number of aryl methyl sites for hydroxylation is 1. The van der Waals surface area contributed by atoms with Gasteiger partial charge in [-0.15, -0.1) is 0 Å². The fourth-order valence-electron chi connectivity index (χ4n) is 3.59. The van der Waals surface area contributed by atoms with Gasteiger partial charge in [0, 0.05) is 24.7 Å². The number of nitrogens with one attached hydrogen (secondary N) is 1. The van der Waals surface area contributed by atoms with Crippen LogP contribution in [0.2, 0.25) is 0 Å². The number of sulfonamides is 1. The SMILES string of the molecule is COc1ccc(OC)c(S(=O)(=O)NCCn2c(-c3ccc(C)cc3)nc3ccccc32)c1. The first kappa shape index (κ1) is 21.9. The standard InChI is InChI=1S/C24H25N3O4S/c1-17-8-10-18(11-9-17)24-26-20-6-4-5-7-21(20)27(24)15-14-25-32(28,29)23-16-19(30-2)12-13-22(23)31-3/h4-13,16,25H,14-15H2,1-3H3. The van der Waals surface area contributed by atoms with Crippen LogP contribution in [0.1, 0.15) is 5.56 Å². The van der Waals surface area contributed by atoms with Crippen molar-refractivity contribution in [2.24, 2.45) is 0 Å². The van der Waals surface area contributed by atoms with Crippen LogP contribution in [0.5, 0.6) is 11.5 Å². The number of hydrogen-bond acceptors (Lipinski definition) is 5. The molecule has 0 atom stereocenters. The van der Waals surface area contributed by atoms with E-state index in [9.17, 15) is 8.42 Å². The highest BCUT2D eigenvalue weighted by molar-refractivity contribution is 7.89. The van der Waals surface area contributed by atoms with E-state index < -0.39 is 10.0 Å². The highest BCUT2D eigenvalue weighted by atomic mass is 32.2. The molecule has 0 spiro atoms. The van der Waals surface area contributed by atoms with E-state index >= 15 is 0 Å². The van der Waals surface area contributed by atoms with E-state index in [0.29, 0.717) is 12.3 Å². The average Bonchev–Trinajstić information content (AvgIpc) is 3.17. The second-order valence-electron chi connectivity index (χ2n) is 7.36. The lowest BCUT2D eigenvalue weighted by Gasteiger charge is -2.14. The monoisotopic (exact) mass is 451 g/mol. The summed E-state index contributed by atoms with van der Waals surface area (Å²) in [5.41, 5.74) is 3.95. The number of aromatic nitrogens is 2. The van der Waals surface area contributed by atoms with Crippen molar-refractivity contribution < 1.29 is 17.9 Å². The Balaban J connectivity index is 1.62. The molecule has 7 nitrogen and oxygen atoms in total. The molecule has 0 aliphatic carbocycles. The van der Waals surface area contributed by atoms with Gasteiger partial charge in [-0.05, 0) is 31.2 Å². The summed E-state index contributed by atoms with van der Waals surface area (Å²) in [7, 11) is -0.889. The fraction of sp³-hybridized carbons (Fsp3) is 0.208. The second-order valence-corrected chi connectivity index (χ2v) is 9.09. The Morgan fingerprint density at radius 3 is 2.44 bits per heavy atom. The molecule has 8 heteroatoms. The summed E-state index contributed by atoms with van der Waals surface area (Å²) in [6.45, 7) is 2.63. The Kier molecular flexibility index (Phi) is 6.16. The quantitative estimate of drug-likeness (QED) is 0.438. The Labute approximate surface area is 187 Å². The molecule has 4 rings (SSSR count). The molecule has 0 saturated carbocycles. The number of benzene rings is 3. The number of nitrogens with zero attached hydrogens (tertiary/aromatic N) is 2. The third-order valence-corrected chi connectivity index (χ3v) is 6.73. The maximum atomic E-state index is 13.0. The Hall–Kier alpha value is -3.36. The molecule has 0 aliphatic heterocycles. The molecular weight excluding hydrogens is 426 g/mol. The summed E-state index contributed by atoms with van der Waals surface area (Å²) in [6, 6.07) is 20.6. The Morgan fingerprint density at radius 1 is 0.969 bits per heavy atom. The van der Waals surface area contributed by atoms with E-state index in [1.165, 1.54) is 20.3 Å². The van der Waals surface area contributed by atoms with Gasteiger partial charge < -0.3 is 14.0 Å². The van der Waals surface area contributed by atoms with E-state index in [2.05, 4.69) is 4.72 Å². The Morgan fingerprint density at radius 2 is 1.72 bits per heavy atom. The van der Waals surface area contributed by atoms with Crippen molar-refractivity contribution in [3.05, 3.63) is 72.3 Å². The predicted molar refractivity (Wildman–Crippen MR) is 125 cm³/mol. The summed E-state index contributed by atoms with van der Waals surface area (Å²) < 4.78 is 41.1. The molecule has 0 amide bonds. The molecule has 4 aromatic rings. The second kappa shape index (κ2) is 9.02. The van der Waals surface area contributed by atoms with Crippen molar-refractivity contribution in [2.45, 2.75) is 18.4 Å². The van der Waals surface area contributed by atoms with E-state index in [0.717, 1.165) is 28.0 Å². The van der Waals surface area contributed by atoms with E-state index in [1.807, 2.05) is 60.0 Å². The predicted octanol–water partition coefficient (Wildman–Crippen LogP) is 4.01. The summed E-state index contributed by atoms with van der Waals surface area (Å²) in [5, 5.41) is 0. The molecular formula is C24H25N3O4S. The average molecular weight is 452 g/mol. The summed E-state index contributed by atoms with van der Waals surface area (Å²) >= 11 is 0. The summed E-state index contributed by atoms with van der Waals surface area (Å²) in [6.07, 6.45) is 0. The molecule has 0 saturated heterocycles. The molecule has 0 aliphatic rings. The largest absolute Gasteiger partial charge is 0.497 e. The lowest BCUT2D eigenvalue weighted by Crippen LogP contribution is -2.28. The molecule has 3 aromatic carbocycles. The first-order valence-corrected chi connectivity index (χ1v) is 11.7. The summed E-state index contributed by atoms with van der Waals surface area (Å²) in [5.74, 6) is 1.49. The van der Waals surface area contributed by atoms with Crippen LogP contribution in [0.15, 0.2) is 71.6 Å². The zero-order valence-corrected chi connectivity index (χ0v) is 19.0. The number of imidazole rings is 1. The molecule has 1 heterocycles. The molecule has 0 radical (unpaired) electrons. The van der Waals surface area contributed by atoms with E-state index in [4.69, 9.17) is 14.5 Å². The van der Waals surface area contributed by atoms with Crippen LogP contribution in [0, 0.1) is 6.92 Å². The number of para-hydroxylation sites is 2. The van der Waals surface area contributed by atoms with Crippen molar-refractivity contribution in [1.29, 1.82) is 0 Å². The lowest BCUT2D eigenvalue weighted by atomic mass is 10.1. The zero-order chi connectivity index (χ0) is 22.7. The highest BCUT2D eigenvalue weighted by Crippen LogP contribution is 2.28. The van der Waals surface area contributed by atoms with Crippen molar-refractivity contribution >= 4 is 21.1 Å². The minimum Gasteiger partial charge on any atom is -0.497 e. The van der Waals surface area contributed by atoms with Gasteiger partial charge in [-0.25, -0.2) is 18.1 Å². The van der Waals surface area contributed by atoms with E-state index in [-0.39, 0.29) is 17.2 Å². The number of rotatable bonds is 8. The first-order chi connectivity index (χ1) is 15.4. The van der Waals surface area contributed by atoms with Gasteiger partial charge in [-0.1, -0.05) is 42.0 Å².